The number of hydrogen-bond acceptors (Lipinski definition) is 2. The number of rotatable bonds is 1. The summed E-state index contributed by atoms with van der Waals surface area (Å²) in [6.07, 6.45) is 0.878. The summed E-state index contributed by atoms with van der Waals surface area (Å²) in [5, 5.41) is 11.6. The van der Waals surface area contributed by atoms with Gasteiger partial charge >= 0.3 is 0 Å². The Hall–Kier alpha value is -1.06. The summed E-state index contributed by atoms with van der Waals surface area (Å²) in [6, 6.07) is 0. The first-order chi connectivity index (χ1) is 4.66. The van der Waals surface area contributed by atoms with E-state index in [4.69, 9.17) is 5.41 Å². The maximum absolute atomic E-state index is 7.43. The molecule has 0 saturated carbocycles. The number of nitrogens with zero attached hydrogens (tertiary/aromatic N) is 3. The van der Waals surface area contributed by atoms with Gasteiger partial charge in [-0.05, 0) is 0 Å². The standard InChI is InChI=1S/C6H12N4/c1-4-5-8-10(3)6(7)9(5)2/h7H,4H2,1-3H3. The first-order valence-corrected chi connectivity index (χ1v) is 3.30. The molecule has 1 aromatic rings. The fourth-order valence-corrected chi connectivity index (χ4v) is 0.935. The maximum atomic E-state index is 7.43. The van der Waals surface area contributed by atoms with Crippen molar-refractivity contribution in [3.63, 3.8) is 0 Å². The minimum Gasteiger partial charge on any atom is -0.301 e. The Morgan fingerprint density at radius 2 is 2.10 bits per heavy atom. The molecule has 1 heterocycles. The second-order valence-corrected chi connectivity index (χ2v) is 2.28. The van der Waals surface area contributed by atoms with Crippen LogP contribution in [0.1, 0.15) is 12.7 Å². The molecule has 0 aliphatic carbocycles. The zero-order valence-electron chi connectivity index (χ0n) is 6.55. The quantitative estimate of drug-likeness (QED) is 0.577. The van der Waals surface area contributed by atoms with Crippen LogP contribution in [-0.2, 0) is 20.5 Å². The van der Waals surface area contributed by atoms with Gasteiger partial charge in [0.05, 0.1) is 0 Å². The Morgan fingerprint density at radius 1 is 1.50 bits per heavy atom. The van der Waals surface area contributed by atoms with E-state index in [-0.39, 0.29) is 0 Å². The van der Waals surface area contributed by atoms with Gasteiger partial charge in [-0.3, -0.25) is 5.41 Å². The molecule has 1 N–H and O–H groups in total. The van der Waals surface area contributed by atoms with E-state index in [0.717, 1.165) is 12.2 Å². The van der Waals surface area contributed by atoms with Crippen LogP contribution in [0.25, 0.3) is 0 Å². The molecule has 0 radical (unpaired) electrons. The lowest BCUT2D eigenvalue weighted by Crippen LogP contribution is -2.20. The molecule has 0 unspecified atom stereocenters. The zero-order chi connectivity index (χ0) is 7.72. The highest BCUT2D eigenvalue weighted by Crippen LogP contribution is 1.87. The summed E-state index contributed by atoms with van der Waals surface area (Å²) in [5.41, 5.74) is 0.442. The summed E-state index contributed by atoms with van der Waals surface area (Å²) >= 11 is 0. The van der Waals surface area contributed by atoms with Crippen LogP contribution in [0.15, 0.2) is 0 Å². The van der Waals surface area contributed by atoms with E-state index in [1.54, 1.807) is 16.3 Å². The molecule has 56 valence electrons. The van der Waals surface area contributed by atoms with Crippen LogP contribution in [0.3, 0.4) is 0 Å². The molecular formula is C6H12N4. The van der Waals surface area contributed by atoms with Crippen molar-refractivity contribution in [2.75, 3.05) is 0 Å². The Labute approximate surface area is 59.6 Å². The number of hydrogen-bond donors (Lipinski definition) is 1. The van der Waals surface area contributed by atoms with Gasteiger partial charge in [-0.25, -0.2) is 4.68 Å². The molecule has 0 saturated heterocycles. The van der Waals surface area contributed by atoms with Crippen LogP contribution in [0.2, 0.25) is 0 Å². The summed E-state index contributed by atoms with van der Waals surface area (Å²) in [5.74, 6) is 0.951. The van der Waals surface area contributed by atoms with Crippen molar-refractivity contribution < 1.29 is 0 Å². The predicted octanol–water partition coefficient (Wildman–Crippen LogP) is -0.200. The van der Waals surface area contributed by atoms with Crippen LogP contribution < -0.4 is 5.62 Å². The first-order valence-electron chi connectivity index (χ1n) is 3.30. The molecule has 0 aliphatic heterocycles. The molecule has 0 aromatic carbocycles. The van der Waals surface area contributed by atoms with E-state index in [2.05, 4.69) is 5.10 Å². The summed E-state index contributed by atoms with van der Waals surface area (Å²) in [4.78, 5) is 0. The highest BCUT2D eigenvalue weighted by Gasteiger charge is 2.00. The van der Waals surface area contributed by atoms with Crippen molar-refractivity contribution in [2.45, 2.75) is 13.3 Å². The van der Waals surface area contributed by atoms with E-state index in [9.17, 15) is 0 Å². The molecule has 0 aliphatic rings. The second kappa shape index (κ2) is 2.28. The predicted molar refractivity (Wildman–Crippen MR) is 37.4 cm³/mol. The lowest BCUT2D eigenvalue weighted by molar-refractivity contribution is 0.676. The van der Waals surface area contributed by atoms with Crippen molar-refractivity contribution in [2.24, 2.45) is 14.1 Å². The average Bonchev–Trinajstić information content (AvgIpc) is 2.17. The van der Waals surface area contributed by atoms with Gasteiger partial charge < -0.3 is 4.57 Å². The van der Waals surface area contributed by atoms with E-state index >= 15 is 0 Å². The van der Waals surface area contributed by atoms with E-state index in [1.807, 2.05) is 14.0 Å². The lowest BCUT2D eigenvalue weighted by Gasteiger charge is -1.91. The molecule has 0 amide bonds. The fourth-order valence-electron chi connectivity index (χ4n) is 0.935. The van der Waals surface area contributed by atoms with E-state index in [1.165, 1.54) is 0 Å². The van der Waals surface area contributed by atoms with E-state index < -0.39 is 0 Å². The van der Waals surface area contributed by atoms with Crippen molar-refractivity contribution >= 4 is 0 Å². The Bertz CT molecular complexity index is 280. The normalized spacial score (nSPS) is 10.3. The monoisotopic (exact) mass is 140 g/mol. The minimum atomic E-state index is 0.442. The Kier molecular flexibility index (Phi) is 1.61. The third-order valence-electron chi connectivity index (χ3n) is 1.59. The number of nitrogens with one attached hydrogen (secondary N) is 1. The molecule has 4 heteroatoms. The summed E-state index contributed by atoms with van der Waals surface area (Å²) in [6.45, 7) is 2.03. The molecule has 10 heavy (non-hydrogen) atoms. The molecule has 0 fully saturated rings. The van der Waals surface area contributed by atoms with E-state index in [0.29, 0.717) is 5.62 Å². The van der Waals surface area contributed by atoms with Gasteiger partial charge in [0, 0.05) is 20.5 Å². The van der Waals surface area contributed by atoms with Gasteiger partial charge in [0.15, 0.2) is 0 Å². The first kappa shape index (κ1) is 7.05. The minimum absolute atomic E-state index is 0.442. The van der Waals surface area contributed by atoms with Crippen molar-refractivity contribution in [3.05, 3.63) is 11.4 Å². The maximum Gasteiger partial charge on any atom is 0.219 e. The molecular weight excluding hydrogens is 128 g/mol. The average molecular weight is 140 g/mol. The highest BCUT2D eigenvalue weighted by atomic mass is 15.4. The lowest BCUT2D eigenvalue weighted by atomic mass is 10.5. The summed E-state index contributed by atoms with van der Waals surface area (Å²) < 4.78 is 3.35. The molecule has 0 spiro atoms. The van der Waals surface area contributed by atoms with Crippen LogP contribution in [0, 0.1) is 5.41 Å². The van der Waals surface area contributed by atoms with Gasteiger partial charge in [-0.1, -0.05) is 6.92 Å². The van der Waals surface area contributed by atoms with Gasteiger partial charge in [0.1, 0.15) is 5.82 Å². The molecule has 1 rings (SSSR count). The Balaban J connectivity index is 3.31. The van der Waals surface area contributed by atoms with Gasteiger partial charge in [-0.15, -0.1) is 0 Å². The summed E-state index contributed by atoms with van der Waals surface area (Å²) in [7, 11) is 3.63. The molecule has 4 nitrogen and oxygen atoms in total. The van der Waals surface area contributed by atoms with Crippen LogP contribution in [-0.4, -0.2) is 14.3 Å². The van der Waals surface area contributed by atoms with Gasteiger partial charge in [-0.2, -0.15) is 5.10 Å². The van der Waals surface area contributed by atoms with Crippen LogP contribution >= 0.6 is 0 Å². The van der Waals surface area contributed by atoms with Gasteiger partial charge in [0.2, 0.25) is 5.62 Å². The molecule has 0 atom stereocenters. The molecule has 0 bridgehead atoms. The van der Waals surface area contributed by atoms with Gasteiger partial charge in [0.25, 0.3) is 0 Å². The largest absolute Gasteiger partial charge is 0.301 e. The third-order valence-corrected chi connectivity index (χ3v) is 1.59. The number of aryl methyl sites for hydroxylation is 2. The molecule has 1 aromatic heterocycles. The van der Waals surface area contributed by atoms with Crippen LogP contribution in [0.4, 0.5) is 0 Å². The topological polar surface area (TPSA) is 46.6 Å². The number of aromatic nitrogens is 3. The third kappa shape index (κ3) is 0.853. The zero-order valence-corrected chi connectivity index (χ0v) is 6.55. The fraction of sp³-hybridized carbons (Fsp3) is 0.667. The van der Waals surface area contributed by atoms with Crippen LogP contribution in [0.5, 0.6) is 0 Å². The van der Waals surface area contributed by atoms with Crippen molar-refractivity contribution in [3.8, 4) is 0 Å². The highest BCUT2D eigenvalue weighted by molar-refractivity contribution is 4.82. The Morgan fingerprint density at radius 3 is 2.30 bits per heavy atom. The smallest absolute Gasteiger partial charge is 0.219 e. The second-order valence-electron chi connectivity index (χ2n) is 2.28. The SMILES string of the molecule is CCc1nn(C)c(=N)n1C. The van der Waals surface area contributed by atoms with Crippen molar-refractivity contribution in [1.29, 1.82) is 5.41 Å². The van der Waals surface area contributed by atoms with Crippen molar-refractivity contribution in [1.82, 2.24) is 14.3 Å².